The summed E-state index contributed by atoms with van der Waals surface area (Å²) in [5.41, 5.74) is 1.29. The van der Waals surface area contributed by atoms with E-state index in [1.54, 1.807) is 24.3 Å². The van der Waals surface area contributed by atoms with Gasteiger partial charge in [-0.2, -0.15) is 0 Å². The molecule has 0 unspecified atom stereocenters. The van der Waals surface area contributed by atoms with E-state index in [1.807, 2.05) is 6.08 Å². The highest BCUT2D eigenvalue weighted by Crippen LogP contribution is 2.13. The normalized spacial score (nSPS) is 9.71. The van der Waals surface area contributed by atoms with Crippen molar-refractivity contribution in [2.75, 3.05) is 0 Å². The molecule has 0 heterocycles. The van der Waals surface area contributed by atoms with Gasteiger partial charge in [-0.3, -0.25) is 10.1 Å². The van der Waals surface area contributed by atoms with E-state index in [4.69, 9.17) is 0 Å². The van der Waals surface area contributed by atoms with Crippen LogP contribution in [0.4, 0.5) is 5.69 Å². The van der Waals surface area contributed by atoms with Crippen LogP contribution in [-0.4, -0.2) is 4.92 Å². The Hall–Kier alpha value is -1.64. The predicted octanol–water partition coefficient (Wildman–Crippen LogP) is 3.10. The number of nitrogens with zero attached hydrogens (tertiary/aromatic N) is 1. The Morgan fingerprint density at radius 1 is 1.36 bits per heavy atom. The molecule has 0 aromatic heterocycles. The van der Waals surface area contributed by atoms with Crippen molar-refractivity contribution in [1.82, 2.24) is 0 Å². The summed E-state index contributed by atoms with van der Waals surface area (Å²) in [6.45, 7) is 3.64. The number of hydrogen-bond acceptors (Lipinski definition) is 2. The van der Waals surface area contributed by atoms with E-state index in [9.17, 15) is 10.1 Å². The van der Waals surface area contributed by atoms with E-state index in [-0.39, 0.29) is 10.6 Å². The zero-order chi connectivity index (χ0) is 10.4. The number of nitro groups is 1. The minimum atomic E-state index is -0.381. The van der Waals surface area contributed by atoms with Gasteiger partial charge in [-0.1, -0.05) is 18.2 Å². The first-order valence-corrected chi connectivity index (χ1v) is 4.58. The maximum absolute atomic E-state index is 10.4. The second-order valence-electron chi connectivity index (χ2n) is 3.10. The summed E-state index contributed by atoms with van der Waals surface area (Å²) in [6, 6.07) is 6.70. The van der Waals surface area contributed by atoms with Crippen LogP contribution in [0.1, 0.15) is 18.4 Å². The first-order chi connectivity index (χ1) is 6.74. The zero-order valence-corrected chi connectivity index (χ0v) is 7.98. The summed E-state index contributed by atoms with van der Waals surface area (Å²) < 4.78 is 0. The maximum atomic E-state index is 10.4. The van der Waals surface area contributed by atoms with Gasteiger partial charge in [-0.15, -0.1) is 6.58 Å². The topological polar surface area (TPSA) is 43.1 Å². The van der Waals surface area contributed by atoms with Crippen LogP contribution in [0.2, 0.25) is 0 Å². The lowest BCUT2D eigenvalue weighted by molar-refractivity contribution is -0.384. The monoisotopic (exact) mass is 191 g/mol. The summed E-state index contributed by atoms with van der Waals surface area (Å²) in [5, 5.41) is 10.4. The van der Waals surface area contributed by atoms with E-state index in [0.717, 1.165) is 24.8 Å². The Balaban J connectivity index is 2.55. The van der Waals surface area contributed by atoms with Crippen LogP contribution in [0.5, 0.6) is 0 Å². The van der Waals surface area contributed by atoms with E-state index in [1.165, 1.54) is 0 Å². The Morgan fingerprint density at radius 3 is 2.50 bits per heavy atom. The van der Waals surface area contributed by atoms with Crippen LogP contribution in [0.25, 0.3) is 0 Å². The van der Waals surface area contributed by atoms with Gasteiger partial charge >= 0.3 is 0 Å². The third-order valence-corrected chi connectivity index (χ3v) is 2.02. The van der Waals surface area contributed by atoms with Crippen LogP contribution >= 0.6 is 0 Å². The number of allylic oxidation sites excluding steroid dienone is 1. The standard InChI is InChI=1S/C11H13NO2/c1-2-3-4-5-10-6-8-11(9-7-10)12(13)14/h2,6-9H,1,3-5H2. The molecule has 0 saturated carbocycles. The Morgan fingerprint density at radius 2 is 2.00 bits per heavy atom. The second-order valence-corrected chi connectivity index (χ2v) is 3.10. The minimum Gasteiger partial charge on any atom is -0.258 e. The molecule has 0 aliphatic rings. The van der Waals surface area contributed by atoms with Gasteiger partial charge in [0.05, 0.1) is 4.92 Å². The average Bonchev–Trinajstić information content (AvgIpc) is 2.19. The van der Waals surface area contributed by atoms with Crippen LogP contribution < -0.4 is 0 Å². The zero-order valence-electron chi connectivity index (χ0n) is 7.98. The fourth-order valence-corrected chi connectivity index (χ4v) is 1.23. The maximum Gasteiger partial charge on any atom is 0.269 e. The fraction of sp³-hybridized carbons (Fsp3) is 0.273. The van der Waals surface area contributed by atoms with Gasteiger partial charge in [0.1, 0.15) is 0 Å². The summed E-state index contributed by atoms with van der Waals surface area (Å²) in [7, 11) is 0. The van der Waals surface area contributed by atoms with Crippen molar-refractivity contribution in [3.05, 3.63) is 52.6 Å². The third kappa shape index (κ3) is 3.01. The molecule has 0 N–H and O–H groups in total. The van der Waals surface area contributed by atoms with E-state index in [0.29, 0.717) is 0 Å². The second kappa shape index (κ2) is 5.17. The Kier molecular flexibility index (Phi) is 3.85. The molecule has 3 heteroatoms. The molecule has 0 aliphatic heterocycles. The van der Waals surface area contributed by atoms with Gasteiger partial charge in [0.2, 0.25) is 0 Å². The molecule has 0 fully saturated rings. The van der Waals surface area contributed by atoms with Crippen molar-refractivity contribution in [3.63, 3.8) is 0 Å². The quantitative estimate of drug-likeness (QED) is 0.310. The molecule has 1 rings (SSSR count). The number of aryl methyl sites for hydroxylation is 1. The van der Waals surface area contributed by atoms with Gasteiger partial charge in [-0.05, 0) is 24.8 Å². The molecule has 14 heavy (non-hydrogen) atoms. The number of benzene rings is 1. The van der Waals surface area contributed by atoms with Crippen molar-refractivity contribution in [2.24, 2.45) is 0 Å². The summed E-state index contributed by atoms with van der Waals surface area (Å²) in [6.07, 6.45) is 4.85. The van der Waals surface area contributed by atoms with Gasteiger partial charge in [0.15, 0.2) is 0 Å². The number of non-ortho nitro benzene ring substituents is 1. The number of unbranched alkanes of at least 4 members (excludes halogenated alkanes) is 1. The third-order valence-electron chi connectivity index (χ3n) is 2.02. The van der Waals surface area contributed by atoms with Gasteiger partial charge in [0.25, 0.3) is 5.69 Å². The first kappa shape index (κ1) is 10.4. The van der Waals surface area contributed by atoms with E-state index in [2.05, 4.69) is 6.58 Å². The fourth-order valence-electron chi connectivity index (χ4n) is 1.23. The molecule has 3 nitrogen and oxygen atoms in total. The number of nitro benzene ring substituents is 1. The summed E-state index contributed by atoms with van der Waals surface area (Å²) in [4.78, 5) is 9.98. The van der Waals surface area contributed by atoms with Crippen molar-refractivity contribution in [1.29, 1.82) is 0 Å². The molecule has 1 aromatic rings. The lowest BCUT2D eigenvalue weighted by Crippen LogP contribution is -1.89. The van der Waals surface area contributed by atoms with Crippen LogP contribution in [0.15, 0.2) is 36.9 Å². The molecule has 74 valence electrons. The minimum absolute atomic E-state index is 0.150. The highest BCUT2D eigenvalue weighted by atomic mass is 16.6. The lowest BCUT2D eigenvalue weighted by Gasteiger charge is -1.98. The first-order valence-electron chi connectivity index (χ1n) is 4.58. The number of rotatable bonds is 5. The van der Waals surface area contributed by atoms with Crippen molar-refractivity contribution < 1.29 is 4.92 Å². The average molecular weight is 191 g/mol. The number of hydrogen-bond donors (Lipinski definition) is 0. The van der Waals surface area contributed by atoms with Crippen LogP contribution in [0.3, 0.4) is 0 Å². The highest BCUT2D eigenvalue weighted by molar-refractivity contribution is 5.32. The van der Waals surface area contributed by atoms with Gasteiger partial charge in [-0.25, -0.2) is 0 Å². The van der Waals surface area contributed by atoms with Gasteiger partial charge < -0.3 is 0 Å². The highest BCUT2D eigenvalue weighted by Gasteiger charge is 2.02. The van der Waals surface area contributed by atoms with E-state index < -0.39 is 0 Å². The van der Waals surface area contributed by atoms with Crippen LogP contribution in [-0.2, 0) is 6.42 Å². The smallest absolute Gasteiger partial charge is 0.258 e. The van der Waals surface area contributed by atoms with Crippen molar-refractivity contribution >= 4 is 5.69 Å². The molecule has 0 atom stereocenters. The molecule has 0 aliphatic carbocycles. The lowest BCUT2D eigenvalue weighted by atomic mass is 10.1. The molecule has 0 bridgehead atoms. The largest absolute Gasteiger partial charge is 0.269 e. The summed E-state index contributed by atoms with van der Waals surface area (Å²) >= 11 is 0. The van der Waals surface area contributed by atoms with Gasteiger partial charge in [0, 0.05) is 12.1 Å². The predicted molar refractivity (Wildman–Crippen MR) is 56.2 cm³/mol. The molecule has 0 spiro atoms. The molecule has 0 amide bonds. The molecular formula is C11H13NO2. The Bertz CT molecular complexity index is 317. The molecule has 0 saturated heterocycles. The van der Waals surface area contributed by atoms with E-state index >= 15 is 0 Å². The molecule has 1 aromatic carbocycles. The molecular weight excluding hydrogens is 178 g/mol. The molecule has 0 radical (unpaired) electrons. The summed E-state index contributed by atoms with van der Waals surface area (Å²) in [5.74, 6) is 0. The SMILES string of the molecule is C=CCCCc1ccc([N+](=O)[O-])cc1. The van der Waals surface area contributed by atoms with Crippen LogP contribution in [0, 0.1) is 10.1 Å². The Labute approximate surface area is 83.2 Å². The van der Waals surface area contributed by atoms with Crippen molar-refractivity contribution in [2.45, 2.75) is 19.3 Å². The van der Waals surface area contributed by atoms with Crippen molar-refractivity contribution in [3.8, 4) is 0 Å².